The van der Waals surface area contributed by atoms with Gasteiger partial charge in [0.25, 0.3) is 0 Å². The van der Waals surface area contributed by atoms with Gasteiger partial charge in [0.1, 0.15) is 5.82 Å². The van der Waals surface area contributed by atoms with Crippen LogP contribution in [0, 0.1) is 11.7 Å². The first kappa shape index (κ1) is 19.0. The SMILES string of the molecule is Cl.NC1(C(=O)N2CCC(C(=O)Nc3ccc(F)c(Cl)c3)CC2)CC1. The molecule has 0 aromatic heterocycles. The van der Waals surface area contributed by atoms with Crippen LogP contribution in [0.15, 0.2) is 18.2 Å². The van der Waals surface area contributed by atoms with Gasteiger partial charge in [0.05, 0.1) is 10.6 Å². The Kier molecular flexibility index (Phi) is 5.73. The molecule has 0 bridgehead atoms. The second-order valence-corrected chi connectivity index (χ2v) is 6.75. The summed E-state index contributed by atoms with van der Waals surface area (Å²) in [7, 11) is 0. The summed E-state index contributed by atoms with van der Waals surface area (Å²) in [6, 6.07) is 4.08. The van der Waals surface area contributed by atoms with Gasteiger partial charge in [-0.15, -0.1) is 12.4 Å². The third-order valence-corrected chi connectivity index (χ3v) is 4.84. The summed E-state index contributed by atoms with van der Waals surface area (Å²) < 4.78 is 13.1. The van der Waals surface area contributed by atoms with Gasteiger partial charge in [-0.2, -0.15) is 0 Å². The van der Waals surface area contributed by atoms with Gasteiger partial charge in [-0.05, 0) is 43.9 Å². The molecule has 3 N–H and O–H groups in total. The molecule has 2 fully saturated rings. The molecule has 3 rings (SSSR count). The summed E-state index contributed by atoms with van der Waals surface area (Å²) in [6.07, 6.45) is 2.69. The van der Waals surface area contributed by atoms with Crippen molar-refractivity contribution in [2.45, 2.75) is 31.2 Å². The molecule has 1 aromatic rings. The lowest BCUT2D eigenvalue weighted by atomic mass is 9.95. The topological polar surface area (TPSA) is 75.4 Å². The molecule has 0 atom stereocenters. The van der Waals surface area contributed by atoms with Crippen molar-refractivity contribution in [1.82, 2.24) is 4.90 Å². The fraction of sp³-hybridized carbons (Fsp3) is 0.500. The van der Waals surface area contributed by atoms with E-state index >= 15 is 0 Å². The van der Waals surface area contributed by atoms with E-state index < -0.39 is 11.4 Å². The highest BCUT2D eigenvalue weighted by Gasteiger charge is 2.48. The summed E-state index contributed by atoms with van der Waals surface area (Å²) in [4.78, 5) is 26.2. The molecule has 2 amide bonds. The van der Waals surface area contributed by atoms with E-state index in [0.29, 0.717) is 31.6 Å². The van der Waals surface area contributed by atoms with Gasteiger partial charge in [0.2, 0.25) is 11.8 Å². The lowest BCUT2D eigenvalue weighted by Gasteiger charge is -2.33. The number of carbonyl (C=O) groups excluding carboxylic acids is 2. The molecular formula is C16H20Cl2FN3O2. The minimum atomic E-state index is -0.653. The maximum atomic E-state index is 13.1. The number of nitrogens with two attached hydrogens (primary N) is 1. The highest BCUT2D eigenvalue weighted by atomic mass is 35.5. The Balaban J connectivity index is 0.00000208. The number of nitrogens with zero attached hydrogens (tertiary/aromatic N) is 1. The number of anilines is 1. The van der Waals surface area contributed by atoms with Crippen LogP contribution < -0.4 is 11.1 Å². The molecule has 2 aliphatic rings. The van der Waals surface area contributed by atoms with Crippen LogP contribution in [0.2, 0.25) is 5.02 Å². The Morgan fingerprint density at radius 2 is 1.92 bits per heavy atom. The number of halogens is 3. The number of piperidine rings is 1. The van der Waals surface area contributed by atoms with Gasteiger partial charge in [-0.1, -0.05) is 11.6 Å². The predicted molar refractivity (Wildman–Crippen MR) is 92.7 cm³/mol. The molecule has 1 aliphatic carbocycles. The minimum Gasteiger partial charge on any atom is -0.341 e. The number of benzene rings is 1. The normalized spacial score (nSPS) is 19.4. The molecule has 1 saturated carbocycles. The van der Waals surface area contributed by atoms with Crippen molar-refractivity contribution in [3.05, 3.63) is 29.0 Å². The first-order valence-corrected chi connectivity index (χ1v) is 8.11. The van der Waals surface area contributed by atoms with E-state index in [0.717, 1.165) is 12.8 Å². The average Bonchev–Trinajstić information content (AvgIpc) is 3.29. The van der Waals surface area contributed by atoms with Gasteiger partial charge >= 0.3 is 0 Å². The van der Waals surface area contributed by atoms with E-state index in [9.17, 15) is 14.0 Å². The standard InChI is InChI=1S/C16H19ClFN3O2.ClH/c17-12-9-11(1-2-13(12)18)20-14(22)10-3-7-21(8-4-10)15(23)16(19)5-6-16;/h1-2,9-10H,3-8,19H2,(H,20,22);1H. The first-order chi connectivity index (χ1) is 10.9. The van der Waals surface area contributed by atoms with Crippen LogP contribution in [0.1, 0.15) is 25.7 Å². The van der Waals surface area contributed by atoms with Gasteiger partial charge in [-0.25, -0.2) is 4.39 Å². The Labute approximate surface area is 151 Å². The Bertz CT molecular complexity index is 644. The molecule has 0 spiro atoms. The van der Waals surface area contributed by atoms with E-state index in [-0.39, 0.29) is 35.2 Å². The van der Waals surface area contributed by atoms with Crippen molar-refractivity contribution in [3.8, 4) is 0 Å². The zero-order valence-corrected chi connectivity index (χ0v) is 14.6. The van der Waals surface area contributed by atoms with Crippen LogP contribution in [-0.4, -0.2) is 35.3 Å². The second-order valence-electron chi connectivity index (χ2n) is 6.34. The molecular weight excluding hydrogens is 356 g/mol. The van der Waals surface area contributed by atoms with Crippen LogP contribution in [0.3, 0.4) is 0 Å². The van der Waals surface area contributed by atoms with E-state index in [1.54, 1.807) is 4.90 Å². The van der Waals surface area contributed by atoms with Crippen molar-refractivity contribution >= 4 is 41.5 Å². The van der Waals surface area contributed by atoms with Crippen LogP contribution in [0.4, 0.5) is 10.1 Å². The molecule has 1 saturated heterocycles. The number of hydrogen-bond donors (Lipinski definition) is 2. The van der Waals surface area contributed by atoms with Crippen LogP contribution in [0.5, 0.6) is 0 Å². The molecule has 1 heterocycles. The van der Waals surface area contributed by atoms with Crippen molar-refractivity contribution in [3.63, 3.8) is 0 Å². The van der Waals surface area contributed by atoms with E-state index in [2.05, 4.69) is 5.32 Å². The van der Waals surface area contributed by atoms with E-state index in [1.807, 2.05) is 0 Å². The van der Waals surface area contributed by atoms with Crippen LogP contribution in [0.25, 0.3) is 0 Å². The smallest absolute Gasteiger partial charge is 0.242 e. The number of amides is 2. The zero-order valence-electron chi connectivity index (χ0n) is 13.1. The number of hydrogen-bond acceptors (Lipinski definition) is 3. The lowest BCUT2D eigenvalue weighted by Crippen LogP contribution is -2.49. The monoisotopic (exact) mass is 375 g/mol. The fourth-order valence-corrected chi connectivity index (χ4v) is 3.01. The number of nitrogens with one attached hydrogen (secondary N) is 1. The molecule has 24 heavy (non-hydrogen) atoms. The maximum absolute atomic E-state index is 13.1. The largest absolute Gasteiger partial charge is 0.341 e. The summed E-state index contributed by atoms with van der Waals surface area (Å²) in [5.74, 6) is -0.821. The van der Waals surface area contributed by atoms with Gasteiger partial charge in [-0.3, -0.25) is 9.59 Å². The quantitative estimate of drug-likeness (QED) is 0.852. The molecule has 132 valence electrons. The molecule has 8 heteroatoms. The van der Waals surface area contributed by atoms with E-state index in [4.69, 9.17) is 17.3 Å². The lowest BCUT2D eigenvalue weighted by molar-refractivity contribution is -0.136. The maximum Gasteiger partial charge on any atom is 0.242 e. The summed E-state index contributed by atoms with van der Waals surface area (Å²) in [5, 5.41) is 2.72. The zero-order chi connectivity index (χ0) is 16.6. The third-order valence-electron chi connectivity index (χ3n) is 4.55. The Morgan fingerprint density at radius 3 is 2.46 bits per heavy atom. The highest BCUT2D eigenvalue weighted by molar-refractivity contribution is 6.31. The van der Waals surface area contributed by atoms with Crippen molar-refractivity contribution < 1.29 is 14.0 Å². The Morgan fingerprint density at radius 1 is 1.29 bits per heavy atom. The second kappa shape index (κ2) is 7.25. The Hall–Kier alpha value is -1.37. The van der Waals surface area contributed by atoms with Crippen molar-refractivity contribution in [2.24, 2.45) is 11.7 Å². The summed E-state index contributed by atoms with van der Waals surface area (Å²) >= 11 is 5.70. The van der Waals surface area contributed by atoms with E-state index in [1.165, 1.54) is 18.2 Å². The van der Waals surface area contributed by atoms with Crippen LogP contribution in [-0.2, 0) is 9.59 Å². The third kappa shape index (κ3) is 3.99. The number of carbonyl (C=O) groups is 2. The van der Waals surface area contributed by atoms with Crippen LogP contribution >= 0.6 is 24.0 Å². The predicted octanol–water partition coefficient (Wildman–Crippen LogP) is 2.57. The molecule has 0 radical (unpaired) electrons. The molecule has 0 unspecified atom stereocenters. The van der Waals surface area contributed by atoms with Gasteiger partial charge < -0.3 is 16.0 Å². The minimum absolute atomic E-state index is 0. The number of rotatable bonds is 3. The molecule has 5 nitrogen and oxygen atoms in total. The highest BCUT2D eigenvalue weighted by Crippen LogP contribution is 2.35. The van der Waals surface area contributed by atoms with Gasteiger partial charge in [0.15, 0.2) is 0 Å². The van der Waals surface area contributed by atoms with Gasteiger partial charge in [0, 0.05) is 24.7 Å². The molecule has 1 aliphatic heterocycles. The van der Waals surface area contributed by atoms with Crippen molar-refractivity contribution in [2.75, 3.05) is 18.4 Å². The van der Waals surface area contributed by atoms with Crippen molar-refractivity contribution in [1.29, 1.82) is 0 Å². The molecule has 1 aromatic carbocycles. The fourth-order valence-electron chi connectivity index (χ4n) is 2.83. The average molecular weight is 376 g/mol. The number of likely N-dealkylation sites (tertiary alicyclic amines) is 1. The first-order valence-electron chi connectivity index (χ1n) is 7.73. The summed E-state index contributed by atoms with van der Waals surface area (Å²) in [5.41, 5.74) is 5.75. The summed E-state index contributed by atoms with van der Waals surface area (Å²) in [6.45, 7) is 1.08.